The molecule has 0 aliphatic rings. The molecule has 7 nitrogen and oxygen atoms in total. The quantitative estimate of drug-likeness (QED) is 0.814. The molecule has 0 fully saturated rings. The molecule has 0 aliphatic heterocycles. The number of nitrogens with zero attached hydrogens (tertiary/aromatic N) is 2. The smallest absolute Gasteiger partial charge is 0.340 e. The highest BCUT2D eigenvalue weighted by Gasteiger charge is 2.15. The van der Waals surface area contributed by atoms with Crippen molar-refractivity contribution >= 4 is 17.5 Å². The van der Waals surface area contributed by atoms with Crippen LogP contribution in [0, 0.1) is 6.92 Å². The van der Waals surface area contributed by atoms with E-state index in [9.17, 15) is 4.79 Å². The van der Waals surface area contributed by atoms with Crippen molar-refractivity contribution in [2.24, 2.45) is 0 Å². The normalized spacial score (nSPS) is 12.0. The fourth-order valence-corrected chi connectivity index (χ4v) is 1.79. The maximum Gasteiger partial charge on any atom is 0.340 e. The molecule has 0 saturated carbocycles. The second-order valence-electron chi connectivity index (χ2n) is 4.55. The van der Waals surface area contributed by atoms with E-state index in [1.807, 2.05) is 13.8 Å². The summed E-state index contributed by atoms with van der Waals surface area (Å²) >= 11 is 0. The van der Waals surface area contributed by atoms with E-state index in [0.717, 1.165) is 5.76 Å². The zero-order chi connectivity index (χ0) is 15.4. The minimum absolute atomic E-state index is 0.190. The summed E-state index contributed by atoms with van der Waals surface area (Å²) in [6, 6.07) is 1.37. The number of rotatable bonds is 5. The van der Waals surface area contributed by atoms with E-state index in [4.69, 9.17) is 14.9 Å². The summed E-state index contributed by atoms with van der Waals surface area (Å²) in [5.74, 6) is 1.30. The molecule has 3 N–H and O–H groups in total. The first-order valence-corrected chi connectivity index (χ1v) is 6.62. The van der Waals surface area contributed by atoms with Crippen LogP contribution in [-0.2, 0) is 4.74 Å². The van der Waals surface area contributed by atoms with Crippen LogP contribution in [0.4, 0.5) is 11.5 Å². The van der Waals surface area contributed by atoms with Crippen LogP contribution >= 0.6 is 0 Å². The molecule has 0 saturated heterocycles. The summed E-state index contributed by atoms with van der Waals surface area (Å²) in [5.41, 5.74) is 6.30. The number of hydrogen-bond donors (Lipinski definition) is 2. The predicted octanol–water partition coefficient (Wildman–Crippen LogP) is 2.31. The van der Waals surface area contributed by atoms with E-state index in [1.54, 1.807) is 19.2 Å². The Bertz CT molecular complexity index is 639. The lowest BCUT2D eigenvalue weighted by Crippen LogP contribution is -2.12. The molecule has 112 valence electrons. The summed E-state index contributed by atoms with van der Waals surface area (Å²) in [6.07, 6.45) is 3.07. The van der Waals surface area contributed by atoms with Crippen molar-refractivity contribution in [1.29, 1.82) is 0 Å². The van der Waals surface area contributed by atoms with Crippen molar-refractivity contribution in [2.45, 2.75) is 26.8 Å². The molecule has 0 spiro atoms. The maximum absolute atomic E-state index is 11.8. The number of carbonyl (C=O) groups is 1. The number of ether oxygens (including phenoxy) is 1. The van der Waals surface area contributed by atoms with Crippen molar-refractivity contribution in [2.75, 3.05) is 17.7 Å². The van der Waals surface area contributed by atoms with Gasteiger partial charge < -0.3 is 20.2 Å². The van der Waals surface area contributed by atoms with Gasteiger partial charge in [0.25, 0.3) is 0 Å². The van der Waals surface area contributed by atoms with E-state index in [2.05, 4.69) is 15.3 Å². The highest BCUT2D eigenvalue weighted by atomic mass is 16.5. The second kappa shape index (κ2) is 6.25. The summed E-state index contributed by atoms with van der Waals surface area (Å²) in [6.45, 7) is 5.73. The van der Waals surface area contributed by atoms with E-state index in [1.165, 1.54) is 6.20 Å². The zero-order valence-electron chi connectivity index (χ0n) is 12.2. The topological polar surface area (TPSA) is 103 Å². The van der Waals surface area contributed by atoms with E-state index in [-0.39, 0.29) is 23.9 Å². The second-order valence-corrected chi connectivity index (χ2v) is 4.55. The van der Waals surface area contributed by atoms with Crippen LogP contribution in [0.2, 0.25) is 0 Å². The Labute approximate surface area is 122 Å². The van der Waals surface area contributed by atoms with Crippen molar-refractivity contribution in [3.63, 3.8) is 0 Å². The van der Waals surface area contributed by atoms with Crippen molar-refractivity contribution in [3.8, 4) is 0 Å². The Balaban J connectivity index is 2.17. The molecule has 1 unspecified atom stereocenters. The van der Waals surface area contributed by atoms with Crippen LogP contribution in [0.25, 0.3) is 0 Å². The number of pyridine rings is 1. The SMILES string of the molecule is CCOC(=O)c1cc(NC(C)c2ncc(C)o2)ncc1N. The predicted molar refractivity (Wildman–Crippen MR) is 77.9 cm³/mol. The molecule has 2 heterocycles. The molecule has 0 aromatic carbocycles. The van der Waals surface area contributed by atoms with Crippen LogP contribution in [0.15, 0.2) is 22.9 Å². The van der Waals surface area contributed by atoms with Gasteiger partial charge in [0, 0.05) is 0 Å². The number of nitrogens with one attached hydrogen (secondary N) is 1. The standard InChI is InChI=1S/C14H18N4O3/c1-4-20-14(19)10-5-12(16-7-11(10)15)18-9(3)13-17-6-8(2)21-13/h5-7,9H,4,15H2,1-3H3,(H,16,18). The highest BCUT2D eigenvalue weighted by Crippen LogP contribution is 2.21. The van der Waals surface area contributed by atoms with Gasteiger partial charge in [-0.1, -0.05) is 0 Å². The average molecular weight is 290 g/mol. The highest BCUT2D eigenvalue weighted by molar-refractivity contribution is 5.95. The number of aromatic nitrogens is 2. The van der Waals surface area contributed by atoms with Crippen molar-refractivity contribution in [1.82, 2.24) is 9.97 Å². The molecular formula is C14H18N4O3. The molecule has 2 rings (SSSR count). The van der Waals surface area contributed by atoms with E-state index >= 15 is 0 Å². The molecule has 7 heteroatoms. The van der Waals surface area contributed by atoms with Gasteiger partial charge >= 0.3 is 5.97 Å². The van der Waals surface area contributed by atoms with E-state index < -0.39 is 5.97 Å². The van der Waals surface area contributed by atoms with Crippen LogP contribution in [0.3, 0.4) is 0 Å². The molecule has 2 aromatic rings. The Morgan fingerprint density at radius 1 is 1.48 bits per heavy atom. The van der Waals surface area contributed by atoms with Crippen LogP contribution < -0.4 is 11.1 Å². The summed E-state index contributed by atoms with van der Waals surface area (Å²) in [5, 5.41) is 3.11. The maximum atomic E-state index is 11.8. The van der Waals surface area contributed by atoms with Crippen LogP contribution in [-0.4, -0.2) is 22.5 Å². The summed E-state index contributed by atoms with van der Waals surface area (Å²) in [4.78, 5) is 20.1. The number of nitrogens with two attached hydrogens (primary N) is 1. The van der Waals surface area contributed by atoms with Gasteiger partial charge in [-0.25, -0.2) is 14.8 Å². The van der Waals surface area contributed by atoms with Gasteiger partial charge in [-0.3, -0.25) is 0 Å². The molecule has 2 aromatic heterocycles. The van der Waals surface area contributed by atoms with Crippen LogP contribution in [0.1, 0.15) is 41.9 Å². The van der Waals surface area contributed by atoms with Crippen molar-refractivity contribution in [3.05, 3.63) is 35.7 Å². The Hall–Kier alpha value is -2.57. The van der Waals surface area contributed by atoms with E-state index in [0.29, 0.717) is 11.7 Å². The molecule has 0 amide bonds. The number of hydrogen-bond acceptors (Lipinski definition) is 7. The van der Waals surface area contributed by atoms with Gasteiger partial charge in [-0.05, 0) is 26.8 Å². The first-order valence-electron chi connectivity index (χ1n) is 6.62. The van der Waals surface area contributed by atoms with Gasteiger partial charge in [0.1, 0.15) is 17.6 Å². The summed E-state index contributed by atoms with van der Waals surface area (Å²) in [7, 11) is 0. The molecular weight excluding hydrogens is 272 g/mol. The summed E-state index contributed by atoms with van der Waals surface area (Å²) < 4.78 is 10.4. The minimum atomic E-state index is -0.472. The lowest BCUT2D eigenvalue weighted by atomic mass is 10.2. The fraction of sp³-hybridized carbons (Fsp3) is 0.357. The van der Waals surface area contributed by atoms with Gasteiger partial charge in [0.15, 0.2) is 0 Å². The number of oxazole rings is 1. The first kappa shape index (κ1) is 14.8. The third kappa shape index (κ3) is 3.50. The lowest BCUT2D eigenvalue weighted by Gasteiger charge is -2.12. The molecule has 0 radical (unpaired) electrons. The Morgan fingerprint density at radius 2 is 2.24 bits per heavy atom. The van der Waals surface area contributed by atoms with Gasteiger partial charge in [0.05, 0.1) is 30.3 Å². The monoisotopic (exact) mass is 290 g/mol. The first-order chi connectivity index (χ1) is 10.0. The third-order valence-electron chi connectivity index (χ3n) is 2.80. The number of nitrogen functional groups attached to an aromatic ring is 1. The number of anilines is 2. The number of carbonyl (C=O) groups excluding carboxylic acids is 1. The number of esters is 1. The van der Waals surface area contributed by atoms with Gasteiger partial charge in [0.2, 0.25) is 5.89 Å². The van der Waals surface area contributed by atoms with Gasteiger partial charge in [-0.15, -0.1) is 0 Å². The number of aryl methyl sites for hydroxylation is 1. The lowest BCUT2D eigenvalue weighted by molar-refractivity contribution is 0.0527. The average Bonchev–Trinajstić information content (AvgIpc) is 2.88. The minimum Gasteiger partial charge on any atom is -0.462 e. The zero-order valence-corrected chi connectivity index (χ0v) is 12.2. The van der Waals surface area contributed by atoms with Crippen molar-refractivity contribution < 1.29 is 13.9 Å². The molecule has 1 atom stereocenters. The Morgan fingerprint density at radius 3 is 2.86 bits per heavy atom. The molecule has 0 bridgehead atoms. The largest absolute Gasteiger partial charge is 0.462 e. The fourth-order valence-electron chi connectivity index (χ4n) is 1.79. The van der Waals surface area contributed by atoms with Gasteiger partial charge in [-0.2, -0.15) is 0 Å². The molecule has 21 heavy (non-hydrogen) atoms. The Kier molecular flexibility index (Phi) is 4.42. The third-order valence-corrected chi connectivity index (χ3v) is 2.80. The van der Waals surface area contributed by atoms with Crippen LogP contribution in [0.5, 0.6) is 0 Å². The molecule has 0 aliphatic carbocycles.